The molecule has 0 aromatic heterocycles. The topological polar surface area (TPSA) is 75.3 Å². The molecule has 7 nitrogen and oxygen atoms in total. The Hall–Kier alpha value is -3.35. The van der Waals surface area contributed by atoms with Crippen LogP contribution >= 0.6 is 0 Å². The number of hydrogen-bond donors (Lipinski definition) is 1. The Balaban J connectivity index is 2.05. The lowest BCUT2D eigenvalue weighted by Gasteiger charge is -2.14. The molecule has 0 unspecified atom stereocenters. The number of benzene rings is 2. The summed E-state index contributed by atoms with van der Waals surface area (Å²) in [6.45, 7) is 2.74. The molecule has 0 saturated heterocycles. The fraction of sp³-hybridized carbons (Fsp3) is 0.318. The molecular formula is C22H27NO6. The molecule has 1 amide bonds. The van der Waals surface area contributed by atoms with Gasteiger partial charge in [-0.1, -0.05) is 6.07 Å². The molecule has 2 aromatic rings. The van der Waals surface area contributed by atoms with E-state index in [1.165, 1.54) is 6.08 Å². The number of hydrogen-bond acceptors (Lipinski definition) is 6. The first-order chi connectivity index (χ1) is 14.1. The van der Waals surface area contributed by atoms with Crippen molar-refractivity contribution in [2.24, 2.45) is 0 Å². The Labute approximate surface area is 171 Å². The summed E-state index contributed by atoms with van der Waals surface area (Å²) in [6.07, 6.45) is 3.18. The van der Waals surface area contributed by atoms with E-state index in [4.69, 9.17) is 23.7 Å². The average Bonchev–Trinajstić information content (AvgIpc) is 2.75. The van der Waals surface area contributed by atoms with Crippen molar-refractivity contribution in [3.05, 3.63) is 47.5 Å². The van der Waals surface area contributed by atoms with Crippen molar-refractivity contribution in [3.63, 3.8) is 0 Å². The second-order valence-corrected chi connectivity index (χ2v) is 5.93. The maximum Gasteiger partial charge on any atom is 0.244 e. The van der Waals surface area contributed by atoms with Crippen LogP contribution in [0.15, 0.2) is 36.4 Å². The normalized spacial score (nSPS) is 10.5. The SMILES string of the molecule is CCOc1cc(/C=C/C(=O)NCc2cc(OC)c(OC)c(OC)c2)ccc1OC. The molecule has 1 N–H and O–H groups in total. The third-order valence-corrected chi connectivity index (χ3v) is 4.11. The second kappa shape index (κ2) is 10.8. The van der Waals surface area contributed by atoms with Crippen LogP contribution in [0.25, 0.3) is 6.08 Å². The first kappa shape index (κ1) is 21.9. The number of ether oxygens (including phenoxy) is 5. The van der Waals surface area contributed by atoms with Gasteiger partial charge in [0.15, 0.2) is 23.0 Å². The van der Waals surface area contributed by atoms with Crippen LogP contribution in [0.2, 0.25) is 0 Å². The van der Waals surface area contributed by atoms with Gasteiger partial charge in [-0.3, -0.25) is 4.79 Å². The van der Waals surface area contributed by atoms with Gasteiger partial charge in [-0.25, -0.2) is 0 Å². The Morgan fingerprint density at radius 3 is 2.10 bits per heavy atom. The van der Waals surface area contributed by atoms with Gasteiger partial charge in [-0.05, 0) is 48.4 Å². The molecule has 0 heterocycles. The Morgan fingerprint density at radius 1 is 0.897 bits per heavy atom. The first-order valence-electron chi connectivity index (χ1n) is 9.11. The first-order valence-corrected chi connectivity index (χ1v) is 9.11. The number of carbonyl (C=O) groups is 1. The van der Waals surface area contributed by atoms with Crippen LogP contribution in [-0.2, 0) is 11.3 Å². The molecule has 0 atom stereocenters. The van der Waals surface area contributed by atoms with Gasteiger partial charge in [-0.2, -0.15) is 0 Å². The van der Waals surface area contributed by atoms with E-state index in [-0.39, 0.29) is 5.91 Å². The minimum atomic E-state index is -0.229. The molecule has 2 rings (SSSR count). The van der Waals surface area contributed by atoms with Gasteiger partial charge < -0.3 is 29.0 Å². The lowest BCUT2D eigenvalue weighted by Crippen LogP contribution is -2.20. The standard InChI is InChI=1S/C22H27NO6/c1-6-29-18-11-15(7-9-17(18)25-2)8-10-21(24)23-14-16-12-19(26-3)22(28-5)20(13-16)27-4/h7-13H,6,14H2,1-5H3,(H,23,24)/b10-8+. The Bertz CT molecular complexity index is 837. The predicted octanol–water partition coefficient (Wildman–Crippen LogP) is 3.45. The van der Waals surface area contributed by atoms with Crippen molar-refractivity contribution in [2.75, 3.05) is 35.0 Å². The summed E-state index contributed by atoms with van der Waals surface area (Å²) in [7, 11) is 6.23. The predicted molar refractivity (Wildman–Crippen MR) is 111 cm³/mol. The zero-order chi connectivity index (χ0) is 21.2. The third kappa shape index (κ3) is 5.81. The molecule has 0 radical (unpaired) electrons. The summed E-state index contributed by atoms with van der Waals surface area (Å²) in [6, 6.07) is 9.07. The van der Waals surface area contributed by atoms with Crippen molar-refractivity contribution in [1.82, 2.24) is 5.32 Å². The zero-order valence-corrected chi connectivity index (χ0v) is 17.4. The highest BCUT2D eigenvalue weighted by molar-refractivity contribution is 5.91. The average molecular weight is 401 g/mol. The molecule has 2 aromatic carbocycles. The summed E-state index contributed by atoms with van der Waals surface area (Å²) in [5.41, 5.74) is 1.65. The van der Waals surface area contributed by atoms with Crippen molar-refractivity contribution in [3.8, 4) is 28.7 Å². The third-order valence-electron chi connectivity index (χ3n) is 4.11. The van der Waals surface area contributed by atoms with Gasteiger partial charge in [0.25, 0.3) is 0 Å². The number of carbonyl (C=O) groups excluding carboxylic acids is 1. The van der Waals surface area contributed by atoms with Crippen molar-refractivity contribution >= 4 is 12.0 Å². The van der Waals surface area contributed by atoms with E-state index in [0.717, 1.165) is 11.1 Å². The van der Waals surface area contributed by atoms with E-state index in [1.807, 2.05) is 19.1 Å². The van der Waals surface area contributed by atoms with Crippen LogP contribution < -0.4 is 29.0 Å². The van der Waals surface area contributed by atoms with Gasteiger partial charge in [0.1, 0.15) is 0 Å². The Kier molecular flexibility index (Phi) is 8.21. The minimum absolute atomic E-state index is 0.229. The highest BCUT2D eigenvalue weighted by atomic mass is 16.5. The van der Waals surface area contributed by atoms with E-state index in [9.17, 15) is 4.79 Å². The second-order valence-electron chi connectivity index (χ2n) is 5.93. The smallest absolute Gasteiger partial charge is 0.244 e. The summed E-state index contributed by atoms with van der Waals surface area (Å²) in [5, 5.41) is 2.84. The number of nitrogens with one attached hydrogen (secondary N) is 1. The Morgan fingerprint density at radius 2 is 1.55 bits per heavy atom. The molecule has 0 fully saturated rings. The van der Waals surface area contributed by atoms with Crippen LogP contribution in [0.1, 0.15) is 18.1 Å². The molecule has 0 saturated carbocycles. The van der Waals surface area contributed by atoms with Crippen LogP contribution in [0.4, 0.5) is 0 Å². The van der Waals surface area contributed by atoms with Gasteiger partial charge >= 0.3 is 0 Å². The molecule has 0 aliphatic heterocycles. The zero-order valence-electron chi connectivity index (χ0n) is 17.4. The lowest BCUT2D eigenvalue weighted by molar-refractivity contribution is -0.116. The molecule has 29 heavy (non-hydrogen) atoms. The molecule has 7 heteroatoms. The van der Waals surface area contributed by atoms with Gasteiger partial charge in [0, 0.05) is 12.6 Å². The van der Waals surface area contributed by atoms with Gasteiger partial charge in [0.2, 0.25) is 11.7 Å². The van der Waals surface area contributed by atoms with E-state index in [1.54, 1.807) is 52.7 Å². The molecule has 0 bridgehead atoms. The summed E-state index contributed by atoms with van der Waals surface area (Å²) in [5.74, 6) is 2.63. The van der Waals surface area contributed by atoms with Crippen LogP contribution in [0.3, 0.4) is 0 Å². The maximum atomic E-state index is 12.2. The maximum absolute atomic E-state index is 12.2. The molecule has 0 spiro atoms. The van der Waals surface area contributed by atoms with E-state index in [0.29, 0.717) is 41.9 Å². The minimum Gasteiger partial charge on any atom is -0.493 e. The summed E-state index contributed by atoms with van der Waals surface area (Å²) < 4.78 is 26.8. The lowest BCUT2D eigenvalue weighted by atomic mass is 10.1. The fourth-order valence-corrected chi connectivity index (χ4v) is 2.72. The monoisotopic (exact) mass is 401 g/mol. The molecule has 156 valence electrons. The van der Waals surface area contributed by atoms with Crippen LogP contribution in [0.5, 0.6) is 28.7 Å². The van der Waals surface area contributed by atoms with Gasteiger partial charge in [-0.15, -0.1) is 0 Å². The van der Waals surface area contributed by atoms with Gasteiger partial charge in [0.05, 0.1) is 35.0 Å². The fourth-order valence-electron chi connectivity index (χ4n) is 2.72. The summed E-state index contributed by atoms with van der Waals surface area (Å²) >= 11 is 0. The molecule has 0 aliphatic carbocycles. The van der Waals surface area contributed by atoms with Crippen molar-refractivity contribution in [1.29, 1.82) is 0 Å². The van der Waals surface area contributed by atoms with E-state index >= 15 is 0 Å². The number of amides is 1. The molecular weight excluding hydrogens is 374 g/mol. The van der Waals surface area contributed by atoms with E-state index < -0.39 is 0 Å². The highest BCUT2D eigenvalue weighted by Gasteiger charge is 2.13. The van der Waals surface area contributed by atoms with Crippen LogP contribution in [-0.4, -0.2) is 41.0 Å². The quantitative estimate of drug-likeness (QED) is 0.615. The molecule has 0 aliphatic rings. The number of rotatable bonds is 10. The van der Waals surface area contributed by atoms with Crippen molar-refractivity contribution < 1.29 is 28.5 Å². The van der Waals surface area contributed by atoms with Crippen LogP contribution in [0, 0.1) is 0 Å². The number of methoxy groups -OCH3 is 4. The van der Waals surface area contributed by atoms with Crippen molar-refractivity contribution in [2.45, 2.75) is 13.5 Å². The summed E-state index contributed by atoms with van der Waals surface area (Å²) in [4.78, 5) is 12.2. The largest absolute Gasteiger partial charge is 0.493 e. The highest BCUT2D eigenvalue weighted by Crippen LogP contribution is 2.38. The van der Waals surface area contributed by atoms with E-state index in [2.05, 4.69) is 5.32 Å².